The molecule has 1 saturated heterocycles. The topological polar surface area (TPSA) is 145 Å². The Labute approximate surface area is 167 Å². The van der Waals surface area contributed by atoms with Gasteiger partial charge in [-0.05, 0) is 35.0 Å². The lowest BCUT2D eigenvalue weighted by Crippen LogP contribution is -2.53. The zero-order valence-corrected chi connectivity index (χ0v) is 16.3. The van der Waals surface area contributed by atoms with E-state index in [1.54, 1.807) is 12.1 Å². The standard InChI is InChI=1S/C16H17BrN6O5/c1-9-8-21(16(25)26)4-5-22(9)11-3-2-10(6-12(11)23(27)28)19-14-15(24)18-7-13(17)20-14/h2-3,6-7,9H,4-5,8H2,1H3,(H,18,24)(H,19,20)(H,25,26)/t9-/m0/s1. The first-order valence-electron chi connectivity index (χ1n) is 8.31. The van der Waals surface area contributed by atoms with Gasteiger partial charge in [0.25, 0.3) is 11.2 Å². The molecule has 2 heterocycles. The highest BCUT2D eigenvalue weighted by Crippen LogP contribution is 2.34. The molecule has 28 heavy (non-hydrogen) atoms. The summed E-state index contributed by atoms with van der Waals surface area (Å²) in [5.74, 6) is -0.000126. The number of hydrogen-bond donors (Lipinski definition) is 3. The number of nitrogens with one attached hydrogen (secondary N) is 2. The summed E-state index contributed by atoms with van der Waals surface area (Å²) < 4.78 is 0.408. The lowest BCUT2D eigenvalue weighted by atomic mass is 10.1. The van der Waals surface area contributed by atoms with Crippen LogP contribution in [-0.4, -0.2) is 56.7 Å². The molecule has 2 aromatic rings. The molecule has 3 rings (SSSR count). The molecule has 1 aromatic heterocycles. The van der Waals surface area contributed by atoms with E-state index in [1.165, 1.54) is 17.2 Å². The van der Waals surface area contributed by atoms with Gasteiger partial charge in [0.2, 0.25) is 0 Å². The Morgan fingerprint density at radius 3 is 2.86 bits per heavy atom. The number of aromatic amines is 1. The van der Waals surface area contributed by atoms with Crippen molar-refractivity contribution in [1.82, 2.24) is 14.9 Å². The van der Waals surface area contributed by atoms with Crippen molar-refractivity contribution in [3.8, 4) is 0 Å². The van der Waals surface area contributed by atoms with Crippen molar-refractivity contribution in [2.75, 3.05) is 29.9 Å². The number of nitrogens with zero attached hydrogens (tertiary/aromatic N) is 4. The van der Waals surface area contributed by atoms with E-state index >= 15 is 0 Å². The number of piperazine rings is 1. The zero-order valence-electron chi connectivity index (χ0n) is 14.8. The summed E-state index contributed by atoms with van der Waals surface area (Å²) in [5.41, 5.74) is 0.118. The third-order valence-corrected chi connectivity index (χ3v) is 4.80. The van der Waals surface area contributed by atoms with Crippen molar-refractivity contribution >= 4 is 44.9 Å². The largest absolute Gasteiger partial charge is 0.465 e. The number of anilines is 3. The van der Waals surface area contributed by atoms with E-state index in [4.69, 9.17) is 5.11 Å². The monoisotopic (exact) mass is 452 g/mol. The number of carboxylic acid groups (broad SMARTS) is 1. The summed E-state index contributed by atoms with van der Waals surface area (Å²) in [6.07, 6.45) is 0.379. The lowest BCUT2D eigenvalue weighted by Gasteiger charge is -2.39. The van der Waals surface area contributed by atoms with Crippen LogP contribution in [0.4, 0.5) is 27.7 Å². The first-order chi connectivity index (χ1) is 13.3. The maximum absolute atomic E-state index is 11.8. The van der Waals surface area contributed by atoms with Gasteiger partial charge in [0.05, 0.1) is 4.92 Å². The fourth-order valence-electron chi connectivity index (χ4n) is 3.08. The van der Waals surface area contributed by atoms with Gasteiger partial charge in [-0.2, -0.15) is 0 Å². The van der Waals surface area contributed by atoms with Crippen molar-refractivity contribution in [2.45, 2.75) is 13.0 Å². The van der Waals surface area contributed by atoms with Gasteiger partial charge in [-0.1, -0.05) is 0 Å². The second-order valence-electron chi connectivity index (χ2n) is 6.26. The summed E-state index contributed by atoms with van der Waals surface area (Å²) in [4.78, 5) is 43.7. The molecule has 1 atom stereocenters. The molecule has 12 heteroatoms. The third-order valence-electron chi connectivity index (χ3n) is 4.40. The second-order valence-corrected chi connectivity index (χ2v) is 7.07. The maximum Gasteiger partial charge on any atom is 0.407 e. The van der Waals surface area contributed by atoms with Crippen LogP contribution in [0, 0.1) is 10.1 Å². The lowest BCUT2D eigenvalue weighted by molar-refractivity contribution is -0.384. The van der Waals surface area contributed by atoms with Crippen LogP contribution in [0.3, 0.4) is 0 Å². The van der Waals surface area contributed by atoms with Gasteiger partial charge in [0.1, 0.15) is 10.3 Å². The predicted molar refractivity (Wildman–Crippen MR) is 105 cm³/mol. The molecule has 1 fully saturated rings. The van der Waals surface area contributed by atoms with Crippen LogP contribution in [0.2, 0.25) is 0 Å². The molecule has 0 spiro atoms. The van der Waals surface area contributed by atoms with Crippen LogP contribution in [-0.2, 0) is 0 Å². The highest BCUT2D eigenvalue weighted by molar-refractivity contribution is 9.10. The van der Waals surface area contributed by atoms with Crippen molar-refractivity contribution in [1.29, 1.82) is 0 Å². The number of carbonyl (C=O) groups is 1. The Morgan fingerprint density at radius 1 is 1.46 bits per heavy atom. The van der Waals surface area contributed by atoms with Gasteiger partial charge < -0.3 is 25.2 Å². The van der Waals surface area contributed by atoms with Gasteiger partial charge in [0.15, 0.2) is 5.82 Å². The molecule has 0 radical (unpaired) electrons. The molecular weight excluding hydrogens is 436 g/mol. The van der Waals surface area contributed by atoms with Gasteiger partial charge in [-0.3, -0.25) is 14.9 Å². The Bertz CT molecular complexity index is 980. The Kier molecular flexibility index (Phi) is 5.49. The van der Waals surface area contributed by atoms with E-state index in [2.05, 4.69) is 31.2 Å². The van der Waals surface area contributed by atoms with Crippen molar-refractivity contribution in [3.05, 3.63) is 49.5 Å². The Morgan fingerprint density at radius 2 is 2.21 bits per heavy atom. The van der Waals surface area contributed by atoms with Gasteiger partial charge >= 0.3 is 6.09 Å². The average Bonchev–Trinajstić information content (AvgIpc) is 2.64. The highest BCUT2D eigenvalue weighted by atomic mass is 79.9. The van der Waals surface area contributed by atoms with Crippen molar-refractivity contribution in [2.24, 2.45) is 0 Å². The number of halogens is 1. The number of aromatic nitrogens is 2. The zero-order chi connectivity index (χ0) is 20.4. The first-order valence-corrected chi connectivity index (χ1v) is 9.10. The molecular formula is C16H17BrN6O5. The maximum atomic E-state index is 11.8. The van der Waals surface area contributed by atoms with Gasteiger partial charge in [0, 0.05) is 43.6 Å². The first kappa shape index (κ1) is 19.6. The van der Waals surface area contributed by atoms with E-state index in [0.717, 1.165) is 0 Å². The quantitative estimate of drug-likeness (QED) is 0.473. The van der Waals surface area contributed by atoms with E-state index in [-0.39, 0.29) is 30.6 Å². The molecule has 1 amide bonds. The van der Waals surface area contributed by atoms with E-state index in [1.807, 2.05) is 11.8 Å². The SMILES string of the molecule is C[C@H]1CN(C(=O)O)CCN1c1ccc(Nc2nc(Br)c[nH]c2=O)cc1[N+](=O)[O-]. The number of nitro groups is 1. The Balaban J connectivity index is 1.90. The molecule has 3 N–H and O–H groups in total. The molecule has 0 aliphatic carbocycles. The molecule has 0 bridgehead atoms. The number of hydrogen-bond acceptors (Lipinski definition) is 7. The molecule has 1 aliphatic rings. The number of amides is 1. The minimum Gasteiger partial charge on any atom is -0.465 e. The number of H-pyrrole nitrogens is 1. The van der Waals surface area contributed by atoms with E-state index in [0.29, 0.717) is 22.5 Å². The summed E-state index contributed by atoms with van der Waals surface area (Å²) in [6, 6.07) is 4.30. The van der Waals surface area contributed by atoms with Crippen LogP contribution in [0.1, 0.15) is 6.92 Å². The van der Waals surface area contributed by atoms with Crippen molar-refractivity contribution in [3.63, 3.8) is 0 Å². The van der Waals surface area contributed by atoms with Crippen molar-refractivity contribution < 1.29 is 14.8 Å². The average molecular weight is 453 g/mol. The van der Waals surface area contributed by atoms with Gasteiger partial charge in [-0.15, -0.1) is 0 Å². The number of nitro benzene ring substituents is 1. The van der Waals surface area contributed by atoms with Crippen LogP contribution >= 0.6 is 15.9 Å². The van der Waals surface area contributed by atoms with E-state index in [9.17, 15) is 19.7 Å². The molecule has 11 nitrogen and oxygen atoms in total. The molecule has 0 unspecified atom stereocenters. The molecule has 1 aliphatic heterocycles. The fraction of sp³-hybridized carbons (Fsp3) is 0.312. The summed E-state index contributed by atoms with van der Waals surface area (Å²) in [5, 5.41) is 23.5. The molecule has 148 valence electrons. The van der Waals surface area contributed by atoms with E-state index < -0.39 is 16.6 Å². The Hall–Kier alpha value is -3.15. The highest BCUT2D eigenvalue weighted by Gasteiger charge is 2.30. The van der Waals surface area contributed by atoms with Crippen LogP contribution in [0.5, 0.6) is 0 Å². The third kappa shape index (κ3) is 4.06. The van der Waals surface area contributed by atoms with Crippen LogP contribution < -0.4 is 15.8 Å². The molecule has 1 aromatic carbocycles. The second kappa shape index (κ2) is 7.84. The minimum atomic E-state index is -1.01. The normalized spacial score (nSPS) is 16.7. The van der Waals surface area contributed by atoms with Crippen LogP contribution in [0.15, 0.2) is 33.8 Å². The summed E-state index contributed by atoms with van der Waals surface area (Å²) in [7, 11) is 0. The fourth-order valence-corrected chi connectivity index (χ4v) is 3.38. The predicted octanol–water partition coefficient (Wildman–Crippen LogP) is 2.37. The van der Waals surface area contributed by atoms with Gasteiger partial charge in [-0.25, -0.2) is 9.78 Å². The summed E-state index contributed by atoms with van der Waals surface area (Å²) in [6.45, 7) is 2.67. The number of rotatable bonds is 4. The molecule has 0 saturated carbocycles. The smallest absolute Gasteiger partial charge is 0.407 e. The minimum absolute atomic E-state index is 0.000126. The summed E-state index contributed by atoms with van der Waals surface area (Å²) >= 11 is 3.15. The number of benzene rings is 1. The van der Waals surface area contributed by atoms with Crippen LogP contribution in [0.25, 0.3) is 0 Å².